The molecule has 2 aromatic carbocycles. The topological polar surface area (TPSA) is 77.1 Å². The SMILES string of the molecule is COc1cc2c(cc1OC)N(Cc1ccccc1Cl)C(=O)C(NC(=O)OC(C)(C)C)C2. The minimum atomic E-state index is -0.789. The smallest absolute Gasteiger partial charge is 0.408 e. The van der Waals surface area contributed by atoms with Crippen LogP contribution in [0.4, 0.5) is 10.5 Å². The molecule has 1 atom stereocenters. The van der Waals surface area contributed by atoms with Crippen LogP contribution < -0.4 is 19.7 Å². The maximum absolute atomic E-state index is 13.4. The number of nitrogens with one attached hydrogen (secondary N) is 1. The summed E-state index contributed by atoms with van der Waals surface area (Å²) in [6.45, 7) is 5.55. The molecule has 0 saturated heterocycles. The van der Waals surface area contributed by atoms with E-state index in [-0.39, 0.29) is 12.5 Å². The summed E-state index contributed by atoms with van der Waals surface area (Å²) in [6, 6.07) is 10.1. The molecule has 0 aromatic heterocycles. The van der Waals surface area contributed by atoms with Crippen LogP contribution >= 0.6 is 11.6 Å². The van der Waals surface area contributed by atoms with Gasteiger partial charge in [-0.15, -0.1) is 0 Å². The summed E-state index contributed by atoms with van der Waals surface area (Å²) >= 11 is 6.35. The number of benzene rings is 2. The average Bonchev–Trinajstić information content (AvgIpc) is 2.70. The molecule has 1 unspecified atom stereocenters. The van der Waals surface area contributed by atoms with Gasteiger partial charge in [-0.25, -0.2) is 4.79 Å². The van der Waals surface area contributed by atoms with E-state index in [0.29, 0.717) is 28.6 Å². The number of anilines is 1. The zero-order valence-electron chi connectivity index (χ0n) is 18.3. The van der Waals surface area contributed by atoms with Crippen molar-refractivity contribution < 1.29 is 23.8 Å². The second-order valence-corrected chi connectivity index (χ2v) is 8.66. The van der Waals surface area contributed by atoms with Crippen molar-refractivity contribution in [3.05, 3.63) is 52.5 Å². The Morgan fingerprint density at radius 3 is 2.42 bits per heavy atom. The molecule has 1 aliphatic rings. The lowest BCUT2D eigenvalue weighted by Gasteiger charge is -2.35. The van der Waals surface area contributed by atoms with Crippen molar-refractivity contribution in [2.24, 2.45) is 0 Å². The van der Waals surface area contributed by atoms with Crippen LogP contribution in [0.15, 0.2) is 36.4 Å². The molecule has 0 bridgehead atoms. The number of fused-ring (bicyclic) bond motifs is 1. The molecule has 0 saturated carbocycles. The van der Waals surface area contributed by atoms with Gasteiger partial charge in [-0.05, 0) is 44.0 Å². The molecule has 166 valence electrons. The normalized spacial score (nSPS) is 15.9. The molecule has 1 N–H and O–H groups in total. The first kappa shape index (κ1) is 22.7. The Morgan fingerprint density at radius 2 is 1.81 bits per heavy atom. The Balaban J connectivity index is 1.99. The van der Waals surface area contributed by atoms with Crippen LogP contribution in [0.25, 0.3) is 0 Å². The van der Waals surface area contributed by atoms with Crippen LogP contribution in [0, 0.1) is 0 Å². The van der Waals surface area contributed by atoms with Gasteiger partial charge in [0, 0.05) is 17.5 Å². The number of methoxy groups -OCH3 is 2. The molecule has 0 aliphatic carbocycles. The van der Waals surface area contributed by atoms with E-state index in [1.165, 1.54) is 0 Å². The summed E-state index contributed by atoms with van der Waals surface area (Å²) in [4.78, 5) is 27.4. The Bertz CT molecular complexity index is 986. The molecule has 0 radical (unpaired) electrons. The lowest BCUT2D eigenvalue weighted by molar-refractivity contribution is -0.121. The quantitative estimate of drug-likeness (QED) is 0.739. The summed E-state index contributed by atoms with van der Waals surface area (Å²) in [7, 11) is 3.09. The summed E-state index contributed by atoms with van der Waals surface area (Å²) in [5, 5.41) is 3.26. The van der Waals surface area contributed by atoms with Gasteiger partial charge >= 0.3 is 6.09 Å². The molecule has 0 fully saturated rings. The van der Waals surface area contributed by atoms with Gasteiger partial charge in [-0.3, -0.25) is 4.79 Å². The highest BCUT2D eigenvalue weighted by Gasteiger charge is 2.36. The fraction of sp³-hybridized carbons (Fsp3) is 0.391. The van der Waals surface area contributed by atoms with Crippen molar-refractivity contribution >= 4 is 29.3 Å². The van der Waals surface area contributed by atoms with Crippen molar-refractivity contribution in [3.8, 4) is 11.5 Å². The second-order valence-electron chi connectivity index (χ2n) is 8.25. The average molecular weight is 447 g/mol. The zero-order valence-corrected chi connectivity index (χ0v) is 19.1. The molecule has 7 nitrogen and oxygen atoms in total. The zero-order chi connectivity index (χ0) is 22.8. The van der Waals surface area contributed by atoms with Gasteiger partial charge < -0.3 is 24.4 Å². The second kappa shape index (κ2) is 9.06. The molecule has 1 heterocycles. The van der Waals surface area contributed by atoms with Crippen LogP contribution in [-0.4, -0.2) is 37.9 Å². The van der Waals surface area contributed by atoms with E-state index in [1.807, 2.05) is 24.3 Å². The van der Waals surface area contributed by atoms with Crippen LogP contribution in [-0.2, 0) is 22.5 Å². The highest BCUT2D eigenvalue weighted by atomic mass is 35.5. The summed E-state index contributed by atoms with van der Waals surface area (Å²) in [6.07, 6.45) is -0.347. The molecule has 31 heavy (non-hydrogen) atoms. The van der Waals surface area contributed by atoms with Gasteiger partial charge in [0.1, 0.15) is 11.6 Å². The Morgan fingerprint density at radius 1 is 1.16 bits per heavy atom. The van der Waals surface area contributed by atoms with E-state index in [0.717, 1.165) is 11.1 Å². The van der Waals surface area contributed by atoms with Gasteiger partial charge in [0.2, 0.25) is 5.91 Å². The predicted octanol–water partition coefficient (Wildman–Crippen LogP) is 4.34. The standard InChI is InChI=1S/C23H27ClN2O5/c1-23(2,3)31-22(28)25-17-10-15-11-19(29-4)20(30-5)12-18(15)26(21(17)27)13-14-8-6-7-9-16(14)24/h6-9,11-12,17H,10,13H2,1-5H3,(H,25,28). The van der Waals surface area contributed by atoms with Crippen LogP contribution in [0.5, 0.6) is 11.5 Å². The Labute approximate surface area is 187 Å². The van der Waals surface area contributed by atoms with Crippen LogP contribution in [0.1, 0.15) is 31.9 Å². The van der Waals surface area contributed by atoms with Crippen LogP contribution in [0.3, 0.4) is 0 Å². The van der Waals surface area contributed by atoms with Gasteiger partial charge in [0.05, 0.1) is 26.5 Å². The lowest BCUT2D eigenvalue weighted by atomic mass is 9.95. The predicted molar refractivity (Wildman–Crippen MR) is 119 cm³/mol. The molecule has 3 rings (SSSR count). The number of nitrogens with zero attached hydrogens (tertiary/aromatic N) is 1. The Kier molecular flexibility index (Phi) is 6.65. The highest BCUT2D eigenvalue weighted by Crippen LogP contribution is 2.39. The van der Waals surface area contributed by atoms with E-state index < -0.39 is 17.7 Å². The summed E-state index contributed by atoms with van der Waals surface area (Å²) < 4.78 is 16.2. The van der Waals surface area contributed by atoms with Gasteiger partial charge in [-0.2, -0.15) is 0 Å². The number of ether oxygens (including phenoxy) is 3. The molecular formula is C23H27ClN2O5. The first-order chi connectivity index (χ1) is 14.6. The molecular weight excluding hydrogens is 420 g/mol. The number of rotatable bonds is 5. The third-order valence-electron chi connectivity index (χ3n) is 4.84. The monoisotopic (exact) mass is 446 g/mol. The van der Waals surface area contributed by atoms with Crippen molar-refractivity contribution in [2.75, 3.05) is 19.1 Å². The highest BCUT2D eigenvalue weighted by molar-refractivity contribution is 6.31. The maximum atomic E-state index is 13.4. The molecule has 2 amide bonds. The van der Waals surface area contributed by atoms with E-state index in [1.54, 1.807) is 52.0 Å². The molecule has 8 heteroatoms. The van der Waals surface area contributed by atoms with Crippen LogP contribution in [0.2, 0.25) is 5.02 Å². The maximum Gasteiger partial charge on any atom is 0.408 e. The van der Waals surface area contributed by atoms with Crippen molar-refractivity contribution in [1.29, 1.82) is 0 Å². The van der Waals surface area contributed by atoms with Gasteiger partial charge in [-0.1, -0.05) is 29.8 Å². The number of alkyl carbamates (subject to hydrolysis) is 1. The number of halogens is 1. The number of amides is 2. The van der Waals surface area contributed by atoms with Crippen molar-refractivity contribution in [2.45, 2.75) is 45.4 Å². The molecule has 0 spiro atoms. The van der Waals surface area contributed by atoms with E-state index >= 15 is 0 Å². The van der Waals surface area contributed by atoms with Gasteiger partial charge in [0.25, 0.3) is 0 Å². The van der Waals surface area contributed by atoms with E-state index in [4.69, 9.17) is 25.8 Å². The lowest BCUT2D eigenvalue weighted by Crippen LogP contribution is -2.53. The van der Waals surface area contributed by atoms with Crippen molar-refractivity contribution in [3.63, 3.8) is 0 Å². The number of carbonyl (C=O) groups excluding carboxylic acids is 2. The first-order valence-corrected chi connectivity index (χ1v) is 10.3. The summed E-state index contributed by atoms with van der Waals surface area (Å²) in [5.41, 5.74) is 1.64. The number of hydrogen-bond acceptors (Lipinski definition) is 5. The largest absolute Gasteiger partial charge is 0.493 e. The van der Waals surface area contributed by atoms with Crippen molar-refractivity contribution in [1.82, 2.24) is 5.32 Å². The Hall–Kier alpha value is -2.93. The van der Waals surface area contributed by atoms with E-state index in [9.17, 15) is 9.59 Å². The number of carbonyl (C=O) groups is 2. The fourth-order valence-corrected chi connectivity index (χ4v) is 3.66. The third-order valence-corrected chi connectivity index (χ3v) is 5.21. The molecule has 1 aliphatic heterocycles. The third kappa shape index (κ3) is 5.22. The molecule has 2 aromatic rings. The summed E-state index contributed by atoms with van der Waals surface area (Å²) in [5.74, 6) is 0.798. The first-order valence-electron chi connectivity index (χ1n) is 9.92. The van der Waals surface area contributed by atoms with E-state index in [2.05, 4.69) is 5.32 Å². The minimum Gasteiger partial charge on any atom is -0.493 e. The number of hydrogen-bond donors (Lipinski definition) is 1. The van der Waals surface area contributed by atoms with Gasteiger partial charge in [0.15, 0.2) is 11.5 Å². The minimum absolute atomic E-state index is 0.244. The fourth-order valence-electron chi connectivity index (χ4n) is 3.46.